The Morgan fingerprint density at radius 3 is 2.48 bits per heavy atom. The van der Waals surface area contributed by atoms with Crippen LogP contribution in [0.25, 0.3) is 6.08 Å². The van der Waals surface area contributed by atoms with E-state index in [1.807, 2.05) is 0 Å². The summed E-state index contributed by atoms with van der Waals surface area (Å²) in [5.41, 5.74) is -0.379. The number of halogens is 3. The normalized spacial score (nSPS) is 17.9. The molecule has 14 nitrogen and oxygen atoms in total. The van der Waals surface area contributed by atoms with Gasteiger partial charge in [-0.3, -0.25) is 43.9 Å². The maximum atomic E-state index is 13.6. The molecule has 0 aromatic heterocycles. The zero-order valence-corrected chi connectivity index (χ0v) is 29.0. The molecule has 6 rings (SSSR count). The molecule has 0 saturated carbocycles. The summed E-state index contributed by atoms with van der Waals surface area (Å²) in [6.07, 6.45) is -3.34. The van der Waals surface area contributed by atoms with Gasteiger partial charge in [-0.25, -0.2) is 0 Å². The molecule has 0 aliphatic carbocycles. The molecule has 3 aromatic rings. The summed E-state index contributed by atoms with van der Waals surface area (Å²) in [7, 11) is 1.28. The van der Waals surface area contributed by atoms with Gasteiger partial charge in [0.25, 0.3) is 23.0 Å². The number of methoxy groups -OCH3 is 1. The molecule has 54 heavy (non-hydrogen) atoms. The van der Waals surface area contributed by atoms with Crippen LogP contribution < -0.4 is 20.1 Å². The minimum atomic E-state index is -4.79. The Morgan fingerprint density at radius 1 is 0.981 bits per heavy atom. The topological polar surface area (TPSA) is 184 Å². The fourth-order valence-electron chi connectivity index (χ4n) is 5.91. The zero-order valence-electron chi connectivity index (χ0n) is 28.2. The number of nitriles is 1. The summed E-state index contributed by atoms with van der Waals surface area (Å²) in [6.45, 7) is 0.187. The predicted octanol–water partition coefficient (Wildman–Crippen LogP) is 4.94. The number of fused-ring (bicyclic) bond motifs is 1. The monoisotopic (exact) mass is 763 g/mol. The van der Waals surface area contributed by atoms with Gasteiger partial charge < -0.3 is 19.5 Å². The highest BCUT2D eigenvalue weighted by Crippen LogP contribution is 2.42. The van der Waals surface area contributed by atoms with Crippen molar-refractivity contribution in [3.8, 4) is 23.3 Å². The van der Waals surface area contributed by atoms with Crippen LogP contribution in [0.1, 0.15) is 50.2 Å². The molecule has 278 valence electrons. The Kier molecular flexibility index (Phi) is 10.7. The summed E-state index contributed by atoms with van der Waals surface area (Å²) in [4.78, 5) is 77.9. The largest absolute Gasteiger partial charge is 0.493 e. The van der Waals surface area contributed by atoms with Gasteiger partial charge in [-0.1, -0.05) is 12.1 Å². The van der Waals surface area contributed by atoms with E-state index in [4.69, 9.17) is 19.5 Å². The fraction of sp³-hybridized carbons (Fsp3) is 0.250. The zero-order chi connectivity index (χ0) is 38.7. The van der Waals surface area contributed by atoms with Gasteiger partial charge in [-0.15, -0.1) is 0 Å². The van der Waals surface area contributed by atoms with E-state index in [0.29, 0.717) is 29.1 Å². The second-order valence-corrected chi connectivity index (χ2v) is 12.9. The van der Waals surface area contributed by atoms with Crippen molar-refractivity contribution in [1.82, 2.24) is 15.1 Å². The number of alkyl halides is 3. The minimum Gasteiger partial charge on any atom is -0.493 e. The molecule has 0 bridgehead atoms. The number of anilines is 1. The van der Waals surface area contributed by atoms with E-state index in [0.717, 1.165) is 15.9 Å². The summed E-state index contributed by atoms with van der Waals surface area (Å²) in [5.74, 6) is -3.62. The molecular weight excluding hydrogens is 735 g/mol. The number of hydrogen-bond acceptors (Lipinski definition) is 12. The molecular formula is C36H28F3N5O9S. The van der Waals surface area contributed by atoms with Gasteiger partial charge in [0, 0.05) is 18.7 Å². The fourth-order valence-corrected chi connectivity index (χ4v) is 6.77. The average Bonchev–Trinajstić information content (AvgIpc) is 3.55. The highest BCUT2D eigenvalue weighted by atomic mass is 32.2. The molecule has 3 heterocycles. The Morgan fingerprint density at radius 2 is 1.76 bits per heavy atom. The highest BCUT2D eigenvalue weighted by Gasteiger charge is 2.45. The summed E-state index contributed by atoms with van der Waals surface area (Å²) < 4.78 is 57.3. The number of carbonyl (C=O) groups is 6. The van der Waals surface area contributed by atoms with Crippen LogP contribution in [0.5, 0.6) is 17.2 Å². The quantitative estimate of drug-likeness (QED) is 0.144. The van der Waals surface area contributed by atoms with Crippen LogP contribution in [0, 0.1) is 11.3 Å². The Balaban J connectivity index is 1.02. The number of piperidine rings is 1. The number of ether oxygens (including phenoxy) is 3. The average molecular weight is 764 g/mol. The van der Waals surface area contributed by atoms with Gasteiger partial charge in [-0.05, 0) is 72.3 Å². The minimum absolute atomic E-state index is 0.00116. The van der Waals surface area contributed by atoms with Gasteiger partial charge in [0.2, 0.25) is 11.8 Å². The van der Waals surface area contributed by atoms with Crippen molar-refractivity contribution in [3.63, 3.8) is 0 Å². The third kappa shape index (κ3) is 7.63. The van der Waals surface area contributed by atoms with Crippen molar-refractivity contribution in [2.45, 2.75) is 25.1 Å². The molecule has 2 saturated heterocycles. The van der Waals surface area contributed by atoms with Gasteiger partial charge in [-0.2, -0.15) is 18.4 Å². The van der Waals surface area contributed by atoms with Crippen LogP contribution in [0.3, 0.4) is 0 Å². The lowest BCUT2D eigenvalue weighted by Gasteiger charge is -2.27. The van der Waals surface area contributed by atoms with E-state index in [-0.39, 0.29) is 72.2 Å². The van der Waals surface area contributed by atoms with Crippen molar-refractivity contribution in [2.24, 2.45) is 0 Å². The number of imide groups is 3. The van der Waals surface area contributed by atoms with Crippen LogP contribution in [0.4, 0.5) is 23.7 Å². The Hall–Kier alpha value is -6.19. The highest BCUT2D eigenvalue weighted by molar-refractivity contribution is 8.18. The molecule has 0 radical (unpaired) electrons. The number of nitrogens with one attached hydrogen (secondary N) is 2. The molecule has 1 atom stereocenters. The van der Waals surface area contributed by atoms with Crippen molar-refractivity contribution < 1.29 is 56.1 Å². The summed E-state index contributed by atoms with van der Waals surface area (Å²) in [5, 5.41) is 13.7. The molecule has 2 fully saturated rings. The third-order valence-corrected chi connectivity index (χ3v) is 9.39. The lowest BCUT2D eigenvalue weighted by atomic mass is 10.0. The molecule has 6 amide bonds. The first-order valence-corrected chi connectivity index (χ1v) is 17.0. The van der Waals surface area contributed by atoms with E-state index in [1.54, 1.807) is 18.2 Å². The predicted molar refractivity (Wildman–Crippen MR) is 184 cm³/mol. The van der Waals surface area contributed by atoms with Crippen LogP contribution in [-0.4, -0.2) is 84.0 Å². The lowest BCUT2D eigenvalue weighted by molar-refractivity contribution is -0.139. The van der Waals surface area contributed by atoms with E-state index in [1.165, 1.54) is 43.5 Å². The van der Waals surface area contributed by atoms with Crippen molar-refractivity contribution in [1.29, 1.82) is 5.26 Å². The van der Waals surface area contributed by atoms with Gasteiger partial charge in [0.1, 0.15) is 11.8 Å². The maximum absolute atomic E-state index is 13.6. The summed E-state index contributed by atoms with van der Waals surface area (Å²) >= 11 is 0.695. The van der Waals surface area contributed by atoms with Crippen LogP contribution in [-0.2, 0) is 25.3 Å². The standard InChI is InChI=1S/C36H28F3N5O9S/c1-51-27-16-19(5-9-26(27)53-25-8-6-20(18-40)15-22(25)36(37,38)39)17-28-33(48)43(35(50)54-28)12-14-52-13-11-41-23-4-2-3-21-30(23)34(49)44(32(21)47)24-7-10-29(45)42-31(24)46/h2-6,8-9,15-17,24,41H,7,10-14H2,1H3,(H,42,45,46). The molecule has 0 spiro atoms. The first-order valence-electron chi connectivity index (χ1n) is 16.2. The number of hydrogen-bond donors (Lipinski definition) is 2. The Bertz CT molecular complexity index is 2170. The lowest BCUT2D eigenvalue weighted by Crippen LogP contribution is -2.54. The summed E-state index contributed by atoms with van der Waals surface area (Å²) in [6, 6.07) is 12.4. The van der Waals surface area contributed by atoms with Crippen molar-refractivity contribution >= 4 is 58.3 Å². The molecule has 18 heteroatoms. The molecule has 2 N–H and O–H groups in total. The first-order chi connectivity index (χ1) is 25.8. The number of benzene rings is 3. The van der Waals surface area contributed by atoms with Crippen LogP contribution in [0.15, 0.2) is 59.5 Å². The van der Waals surface area contributed by atoms with E-state index in [9.17, 15) is 41.9 Å². The van der Waals surface area contributed by atoms with Gasteiger partial charge in [0.15, 0.2) is 11.5 Å². The second kappa shape index (κ2) is 15.4. The van der Waals surface area contributed by atoms with E-state index < -0.39 is 58.3 Å². The Labute approximate surface area is 308 Å². The molecule has 3 aliphatic rings. The molecule has 1 unspecified atom stereocenters. The smallest absolute Gasteiger partial charge is 0.420 e. The van der Waals surface area contributed by atoms with Crippen molar-refractivity contribution in [3.05, 3.63) is 87.3 Å². The first kappa shape index (κ1) is 37.6. The van der Waals surface area contributed by atoms with Gasteiger partial charge >= 0.3 is 6.18 Å². The number of amides is 6. The molecule has 3 aromatic carbocycles. The number of rotatable bonds is 12. The maximum Gasteiger partial charge on any atom is 0.420 e. The van der Waals surface area contributed by atoms with E-state index in [2.05, 4.69) is 10.6 Å². The number of thioether (sulfide) groups is 1. The molecule has 3 aliphatic heterocycles. The van der Waals surface area contributed by atoms with Gasteiger partial charge in [0.05, 0.1) is 60.1 Å². The second-order valence-electron chi connectivity index (χ2n) is 11.9. The van der Waals surface area contributed by atoms with Crippen LogP contribution in [0.2, 0.25) is 0 Å². The SMILES string of the molecule is COc1cc(C=C2SC(=O)N(CCOCCNc3cccc4c3C(=O)N(C3CCC(=O)NC3=O)C4=O)C2=O)ccc1Oc1ccc(C#N)cc1C(F)(F)F. The van der Waals surface area contributed by atoms with Crippen molar-refractivity contribution in [2.75, 3.05) is 38.7 Å². The number of nitrogens with zero attached hydrogens (tertiary/aromatic N) is 3. The number of carbonyl (C=O) groups excluding carboxylic acids is 6. The van der Waals surface area contributed by atoms with E-state index >= 15 is 0 Å². The van der Waals surface area contributed by atoms with Crippen LogP contribution >= 0.6 is 11.8 Å². The third-order valence-electron chi connectivity index (χ3n) is 8.48.